The van der Waals surface area contributed by atoms with Crippen LogP contribution in [0.15, 0.2) is 55.1 Å². The molecule has 3 rings (SSSR count). The van der Waals surface area contributed by atoms with Gasteiger partial charge >= 0.3 is 12.1 Å². The third-order valence-electron chi connectivity index (χ3n) is 4.06. The van der Waals surface area contributed by atoms with Gasteiger partial charge < -0.3 is 14.8 Å². The van der Waals surface area contributed by atoms with Crippen LogP contribution in [-0.4, -0.2) is 39.4 Å². The number of carbonyl (C=O) groups excluding carboxylic acids is 2. The molecule has 1 N–H and O–H groups in total. The molecule has 0 unspecified atom stereocenters. The summed E-state index contributed by atoms with van der Waals surface area (Å²) in [6.45, 7) is 3.02. The topological polar surface area (TPSA) is 95.3 Å². The lowest BCUT2D eigenvalue weighted by molar-refractivity contribution is -0.137. The summed E-state index contributed by atoms with van der Waals surface area (Å²) in [5.74, 6) is -1.02. The van der Waals surface area contributed by atoms with E-state index in [0.29, 0.717) is 5.75 Å². The average Bonchev–Trinajstić information content (AvgIpc) is 3.26. The summed E-state index contributed by atoms with van der Waals surface area (Å²) in [5.41, 5.74) is -0.772. The number of amides is 1. The quantitative estimate of drug-likeness (QED) is 0.552. The maximum atomic E-state index is 13.1. The molecule has 32 heavy (non-hydrogen) atoms. The van der Waals surface area contributed by atoms with E-state index in [1.165, 1.54) is 29.5 Å². The summed E-state index contributed by atoms with van der Waals surface area (Å²) in [4.78, 5) is 28.2. The molecule has 1 amide bonds. The van der Waals surface area contributed by atoms with Crippen LogP contribution in [0.5, 0.6) is 5.75 Å². The Bertz CT molecular complexity index is 1080. The number of benzene rings is 2. The van der Waals surface area contributed by atoms with E-state index >= 15 is 0 Å². The molecule has 0 saturated carbocycles. The molecule has 11 heteroatoms. The van der Waals surface area contributed by atoms with Gasteiger partial charge in [0.2, 0.25) is 0 Å². The molecule has 0 bridgehead atoms. The molecule has 0 aliphatic heterocycles. The van der Waals surface area contributed by atoms with Gasteiger partial charge in [0.05, 0.1) is 28.6 Å². The molecular formula is C21H19F3N4O4. The Morgan fingerprint density at radius 1 is 1.12 bits per heavy atom. The average molecular weight is 448 g/mol. The summed E-state index contributed by atoms with van der Waals surface area (Å²) in [6.07, 6.45) is -2.18. The Kier molecular flexibility index (Phi) is 6.76. The number of alkyl halides is 3. The van der Waals surface area contributed by atoms with Crippen molar-refractivity contribution in [3.8, 4) is 11.4 Å². The van der Waals surface area contributed by atoms with Crippen LogP contribution in [-0.2, 0) is 15.7 Å². The van der Waals surface area contributed by atoms with Crippen molar-refractivity contribution >= 4 is 17.6 Å². The fraction of sp³-hybridized carbons (Fsp3) is 0.238. The van der Waals surface area contributed by atoms with Gasteiger partial charge in [-0.3, -0.25) is 4.79 Å². The Balaban J connectivity index is 1.68. The number of aromatic nitrogens is 3. The Morgan fingerprint density at radius 3 is 2.44 bits per heavy atom. The normalized spacial score (nSPS) is 11.3. The van der Waals surface area contributed by atoms with Crippen LogP contribution in [0.3, 0.4) is 0 Å². The van der Waals surface area contributed by atoms with E-state index in [1.807, 2.05) is 13.8 Å². The molecule has 168 valence electrons. The third kappa shape index (κ3) is 5.84. The van der Waals surface area contributed by atoms with Crippen LogP contribution in [0.4, 0.5) is 18.9 Å². The molecule has 3 aromatic rings. The zero-order valence-corrected chi connectivity index (χ0v) is 17.1. The third-order valence-corrected chi connectivity index (χ3v) is 4.06. The van der Waals surface area contributed by atoms with E-state index in [1.54, 1.807) is 12.1 Å². The van der Waals surface area contributed by atoms with Crippen molar-refractivity contribution in [2.75, 3.05) is 11.9 Å². The number of carbonyl (C=O) groups is 2. The van der Waals surface area contributed by atoms with Crippen molar-refractivity contribution in [3.63, 3.8) is 0 Å². The van der Waals surface area contributed by atoms with Crippen molar-refractivity contribution < 1.29 is 32.2 Å². The van der Waals surface area contributed by atoms with E-state index < -0.39 is 30.2 Å². The number of hydrogen-bond acceptors (Lipinski definition) is 6. The van der Waals surface area contributed by atoms with Gasteiger partial charge in [0.15, 0.2) is 6.61 Å². The standard InChI is InChI=1S/C21H19F3N4O4/c1-13(2)32-16-6-3-14(4-7-16)20(30)31-10-19(29)27-17-9-15(21(22,23)24)5-8-18(17)28-12-25-11-26-28/h3-9,11-13H,10H2,1-2H3,(H,27,29). The van der Waals surface area contributed by atoms with Crippen LogP contribution >= 0.6 is 0 Å². The van der Waals surface area contributed by atoms with Gasteiger partial charge in [-0.15, -0.1) is 0 Å². The summed E-state index contributed by atoms with van der Waals surface area (Å²) in [7, 11) is 0. The van der Waals surface area contributed by atoms with Gasteiger partial charge in [0.25, 0.3) is 5.91 Å². The van der Waals surface area contributed by atoms with Gasteiger partial charge in [0, 0.05) is 0 Å². The molecular weight excluding hydrogens is 429 g/mol. The molecule has 8 nitrogen and oxygen atoms in total. The van der Waals surface area contributed by atoms with Gasteiger partial charge in [0.1, 0.15) is 18.4 Å². The van der Waals surface area contributed by atoms with Crippen molar-refractivity contribution in [1.82, 2.24) is 14.8 Å². The van der Waals surface area contributed by atoms with Crippen LogP contribution in [0.25, 0.3) is 5.69 Å². The number of rotatable bonds is 7. The minimum Gasteiger partial charge on any atom is -0.491 e. The molecule has 2 aromatic carbocycles. The summed E-state index contributed by atoms with van der Waals surface area (Å²) >= 11 is 0. The first-order valence-corrected chi connectivity index (χ1v) is 9.43. The zero-order valence-electron chi connectivity index (χ0n) is 17.1. The largest absolute Gasteiger partial charge is 0.491 e. The summed E-state index contributed by atoms with van der Waals surface area (Å²) < 4.78 is 50.9. The molecule has 1 aromatic heterocycles. The maximum Gasteiger partial charge on any atom is 0.416 e. The first-order chi connectivity index (χ1) is 15.1. The predicted octanol–water partition coefficient (Wildman–Crippen LogP) is 3.87. The molecule has 1 heterocycles. The number of esters is 1. The van der Waals surface area contributed by atoms with Crippen LogP contribution in [0, 0.1) is 0 Å². The monoisotopic (exact) mass is 448 g/mol. The van der Waals surface area contributed by atoms with Crippen molar-refractivity contribution in [1.29, 1.82) is 0 Å². The predicted molar refractivity (Wildman–Crippen MR) is 107 cm³/mol. The number of hydrogen-bond donors (Lipinski definition) is 1. The van der Waals surface area contributed by atoms with Gasteiger partial charge in [-0.05, 0) is 56.3 Å². The van der Waals surface area contributed by atoms with E-state index in [9.17, 15) is 22.8 Å². The Morgan fingerprint density at radius 2 is 1.84 bits per heavy atom. The number of anilines is 1. The molecule has 0 aliphatic carbocycles. The number of ether oxygens (including phenoxy) is 2. The first-order valence-electron chi connectivity index (χ1n) is 9.43. The lowest BCUT2D eigenvalue weighted by Gasteiger charge is -2.14. The van der Waals surface area contributed by atoms with E-state index in [0.717, 1.165) is 18.2 Å². The lowest BCUT2D eigenvalue weighted by Crippen LogP contribution is -2.22. The smallest absolute Gasteiger partial charge is 0.416 e. The van der Waals surface area contributed by atoms with Crippen LogP contribution in [0.2, 0.25) is 0 Å². The number of nitrogens with zero attached hydrogens (tertiary/aromatic N) is 3. The Hall–Kier alpha value is -3.89. The Labute approximate surface area is 181 Å². The fourth-order valence-corrected chi connectivity index (χ4v) is 2.69. The minimum absolute atomic E-state index is 0.0326. The van der Waals surface area contributed by atoms with Crippen molar-refractivity contribution in [2.45, 2.75) is 26.1 Å². The first kappa shape index (κ1) is 22.8. The molecule has 0 radical (unpaired) electrons. The summed E-state index contributed by atoms with van der Waals surface area (Å²) in [5, 5.41) is 6.19. The highest BCUT2D eigenvalue weighted by Crippen LogP contribution is 2.33. The number of nitrogens with one attached hydrogen (secondary N) is 1. The second-order valence-electron chi connectivity index (χ2n) is 6.89. The fourth-order valence-electron chi connectivity index (χ4n) is 2.69. The van der Waals surface area contributed by atoms with Crippen LogP contribution in [0.1, 0.15) is 29.8 Å². The second kappa shape index (κ2) is 9.50. The van der Waals surface area contributed by atoms with E-state index in [-0.39, 0.29) is 23.0 Å². The van der Waals surface area contributed by atoms with Gasteiger partial charge in [-0.2, -0.15) is 18.3 Å². The SMILES string of the molecule is CC(C)Oc1ccc(C(=O)OCC(=O)Nc2cc(C(F)(F)F)ccc2-n2cncn2)cc1. The highest BCUT2D eigenvalue weighted by atomic mass is 19.4. The molecule has 0 spiro atoms. The summed E-state index contributed by atoms with van der Waals surface area (Å²) in [6, 6.07) is 8.91. The molecule has 0 saturated heterocycles. The number of halogens is 3. The zero-order chi connectivity index (χ0) is 23.3. The van der Waals surface area contributed by atoms with E-state index in [4.69, 9.17) is 9.47 Å². The maximum absolute atomic E-state index is 13.1. The minimum atomic E-state index is -4.61. The highest BCUT2D eigenvalue weighted by Gasteiger charge is 2.31. The van der Waals surface area contributed by atoms with E-state index in [2.05, 4.69) is 15.4 Å². The van der Waals surface area contributed by atoms with Gasteiger partial charge in [-0.25, -0.2) is 14.5 Å². The van der Waals surface area contributed by atoms with Gasteiger partial charge in [-0.1, -0.05) is 0 Å². The lowest BCUT2D eigenvalue weighted by atomic mass is 10.1. The second-order valence-corrected chi connectivity index (χ2v) is 6.89. The molecule has 0 atom stereocenters. The molecule has 0 fully saturated rings. The van der Waals surface area contributed by atoms with Crippen molar-refractivity contribution in [3.05, 3.63) is 66.2 Å². The van der Waals surface area contributed by atoms with Crippen molar-refractivity contribution in [2.24, 2.45) is 0 Å². The molecule has 0 aliphatic rings. The highest BCUT2D eigenvalue weighted by molar-refractivity contribution is 5.96. The van der Waals surface area contributed by atoms with Crippen LogP contribution < -0.4 is 10.1 Å².